The van der Waals surface area contributed by atoms with Crippen LogP contribution in [0.1, 0.15) is 68.7 Å². The van der Waals surface area contributed by atoms with Crippen molar-refractivity contribution in [3.63, 3.8) is 0 Å². The Bertz CT molecular complexity index is 370. The zero-order chi connectivity index (χ0) is 15.6. The van der Waals surface area contributed by atoms with Crippen molar-refractivity contribution in [2.24, 2.45) is 11.3 Å². The van der Waals surface area contributed by atoms with Crippen LogP contribution >= 0.6 is 0 Å². The van der Waals surface area contributed by atoms with Gasteiger partial charge < -0.3 is 10.1 Å². The molecule has 118 valence electrons. The van der Waals surface area contributed by atoms with E-state index in [4.69, 9.17) is 4.74 Å². The van der Waals surface area contributed by atoms with Crippen LogP contribution in [0.15, 0.2) is 0 Å². The second-order valence-electron chi connectivity index (χ2n) is 7.59. The van der Waals surface area contributed by atoms with Crippen LogP contribution in [0.25, 0.3) is 0 Å². The first-order chi connectivity index (χ1) is 9.03. The number of ether oxygens (including phenoxy) is 1. The lowest BCUT2D eigenvalue weighted by Gasteiger charge is -2.25. The number of carbonyl (C=O) groups excluding carboxylic acids is 2. The first-order valence-corrected chi connectivity index (χ1v) is 7.57. The molecule has 0 spiro atoms. The second kappa shape index (κ2) is 6.15. The van der Waals surface area contributed by atoms with Crippen molar-refractivity contribution in [1.82, 2.24) is 5.32 Å². The standard InChI is InChI=1S/C16H29NO3.H2/c1-11(2)7-8-12(13(18)16(6)9-10-16)17-14(19)20-15(3,4)5;/h11-12H,7-10H2,1-6H3,(H,17,19);1H/t12-;/m0./s1. The maximum absolute atomic E-state index is 12.5. The van der Waals surface area contributed by atoms with Crippen LogP contribution < -0.4 is 5.32 Å². The summed E-state index contributed by atoms with van der Waals surface area (Å²) in [6.45, 7) is 11.7. The minimum atomic E-state index is -0.542. The molecule has 1 rings (SSSR count). The average Bonchev–Trinajstić information content (AvgIpc) is 3.00. The molecule has 0 radical (unpaired) electrons. The Balaban J connectivity index is 0.00000400. The fourth-order valence-electron chi connectivity index (χ4n) is 2.07. The van der Waals surface area contributed by atoms with Gasteiger partial charge in [0.1, 0.15) is 5.60 Å². The van der Waals surface area contributed by atoms with E-state index in [1.54, 1.807) is 0 Å². The number of hydrogen-bond acceptors (Lipinski definition) is 3. The van der Waals surface area contributed by atoms with Crippen LogP contribution in [0.4, 0.5) is 4.79 Å². The molecule has 0 heterocycles. The highest BCUT2D eigenvalue weighted by atomic mass is 16.6. The molecule has 1 aliphatic carbocycles. The fraction of sp³-hybridized carbons (Fsp3) is 0.875. The Hall–Kier alpha value is -1.06. The number of rotatable bonds is 6. The third-order valence-corrected chi connectivity index (χ3v) is 3.64. The number of alkyl carbamates (subject to hydrolysis) is 1. The average molecular weight is 285 g/mol. The molecule has 0 bridgehead atoms. The number of ketones is 1. The van der Waals surface area contributed by atoms with Gasteiger partial charge in [-0.05, 0) is 52.4 Å². The highest BCUT2D eigenvalue weighted by Gasteiger charge is 2.47. The molecular formula is C16H31NO3. The number of nitrogens with one attached hydrogen (secondary N) is 1. The van der Waals surface area contributed by atoms with Crippen LogP contribution in [-0.2, 0) is 9.53 Å². The topological polar surface area (TPSA) is 55.4 Å². The quantitative estimate of drug-likeness (QED) is 0.804. The molecule has 4 heteroatoms. The van der Waals surface area contributed by atoms with Crippen LogP contribution in [0, 0.1) is 11.3 Å². The molecule has 4 nitrogen and oxygen atoms in total. The van der Waals surface area contributed by atoms with Gasteiger partial charge in [-0.25, -0.2) is 4.79 Å². The van der Waals surface area contributed by atoms with Crippen LogP contribution in [0.3, 0.4) is 0 Å². The van der Waals surface area contributed by atoms with Crippen molar-refractivity contribution in [2.45, 2.75) is 78.9 Å². The minimum Gasteiger partial charge on any atom is -0.444 e. The molecule has 1 aliphatic rings. The monoisotopic (exact) mass is 285 g/mol. The van der Waals surface area contributed by atoms with Crippen LogP contribution in [0.2, 0.25) is 0 Å². The zero-order valence-electron chi connectivity index (χ0n) is 13.7. The van der Waals surface area contributed by atoms with Crippen LogP contribution in [-0.4, -0.2) is 23.5 Å². The molecule has 1 N–H and O–H groups in total. The lowest BCUT2D eigenvalue weighted by atomic mass is 9.92. The van der Waals surface area contributed by atoms with Gasteiger partial charge >= 0.3 is 6.09 Å². The summed E-state index contributed by atoms with van der Waals surface area (Å²) in [7, 11) is 0. The van der Waals surface area contributed by atoms with Gasteiger partial charge in [0, 0.05) is 6.84 Å². The third kappa shape index (κ3) is 5.51. The lowest BCUT2D eigenvalue weighted by molar-refractivity contribution is -0.126. The smallest absolute Gasteiger partial charge is 0.408 e. The van der Waals surface area contributed by atoms with E-state index in [-0.39, 0.29) is 12.6 Å². The Labute approximate surface area is 124 Å². The van der Waals surface area contributed by atoms with Crippen molar-refractivity contribution < 1.29 is 15.8 Å². The van der Waals surface area contributed by atoms with E-state index in [1.807, 2.05) is 27.7 Å². The molecule has 0 saturated heterocycles. The highest BCUT2D eigenvalue weighted by Crippen LogP contribution is 2.46. The van der Waals surface area contributed by atoms with E-state index < -0.39 is 17.7 Å². The Kier molecular flexibility index (Phi) is 5.22. The van der Waals surface area contributed by atoms with Gasteiger partial charge in [0.05, 0.1) is 6.04 Å². The largest absolute Gasteiger partial charge is 0.444 e. The van der Waals surface area contributed by atoms with Gasteiger partial charge in [0.15, 0.2) is 5.78 Å². The number of Topliss-reactive ketones (excluding diaryl/α,β-unsaturated/α-hetero) is 1. The molecule has 1 saturated carbocycles. The van der Waals surface area contributed by atoms with Gasteiger partial charge in [-0.15, -0.1) is 0 Å². The second-order valence-corrected chi connectivity index (χ2v) is 7.59. The molecule has 0 aromatic heterocycles. The number of amides is 1. The molecule has 0 aliphatic heterocycles. The van der Waals surface area contributed by atoms with Gasteiger partial charge in [-0.3, -0.25) is 4.79 Å². The normalized spacial score (nSPS) is 18.6. The van der Waals surface area contributed by atoms with E-state index in [0.717, 1.165) is 19.3 Å². The summed E-state index contributed by atoms with van der Waals surface area (Å²) < 4.78 is 5.26. The molecule has 0 aromatic carbocycles. The summed E-state index contributed by atoms with van der Waals surface area (Å²) in [5, 5.41) is 2.76. The molecule has 1 amide bonds. The van der Waals surface area contributed by atoms with Crippen molar-refractivity contribution in [3.8, 4) is 0 Å². The lowest BCUT2D eigenvalue weighted by Crippen LogP contribution is -2.45. The van der Waals surface area contributed by atoms with Gasteiger partial charge in [-0.1, -0.05) is 20.8 Å². The van der Waals surface area contributed by atoms with Gasteiger partial charge in [0.25, 0.3) is 0 Å². The van der Waals surface area contributed by atoms with E-state index in [9.17, 15) is 9.59 Å². The summed E-state index contributed by atoms with van der Waals surface area (Å²) in [4.78, 5) is 24.4. The minimum absolute atomic E-state index is 0. The number of carbonyl (C=O) groups is 2. The van der Waals surface area contributed by atoms with Crippen LogP contribution in [0.5, 0.6) is 0 Å². The van der Waals surface area contributed by atoms with E-state index in [0.29, 0.717) is 12.3 Å². The number of hydrogen-bond donors (Lipinski definition) is 1. The van der Waals surface area contributed by atoms with Crippen molar-refractivity contribution in [2.75, 3.05) is 0 Å². The van der Waals surface area contributed by atoms with Crippen molar-refractivity contribution >= 4 is 11.9 Å². The summed E-state index contributed by atoms with van der Waals surface area (Å²) in [5.74, 6) is 0.668. The Morgan fingerprint density at radius 2 is 1.80 bits per heavy atom. The molecule has 20 heavy (non-hydrogen) atoms. The summed E-state index contributed by atoms with van der Waals surface area (Å²) in [5.41, 5.74) is -0.768. The predicted octanol–water partition coefficient (Wildman–Crippen LogP) is 3.93. The van der Waals surface area contributed by atoms with Crippen molar-refractivity contribution in [3.05, 3.63) is 0 Å². The fourth-order valence-corrected chi connectivity index (χ4v) is 2.07. The molecular weight excluding hydrogens is 254 g/mol. The first kappa shape index (κ1) is 17.0. The summed E-state index contributed by atoms with van der Waals surface area (Å²) in [6.07, 6.45) is 2.97. The summed E-state index contributed by atoms with van der Waals surface area (Å²) >= 11 is 0. The molecule has 0 aromatic rings. The van der Waals surface area contributed by atoms with Crippen molar-refractivity contribution in [1.29, 1.82) is 0 Å². The molecule has 0 unspecified atom stereocenters. The Morgan fingerprint density at radius 3 is 2.20 bits per heavy atom. The molecule has 1 atom stereocenters. The van der Waals surface area contributed by atoms with E-state index in [2.05, 4.69) is 19.2 Å². The molecule has 1 fully saturated rings. The summed E-state index contributed by atoms with van der Waals surface area (Å²) in [6, 6.07) is -0.417. The highest BCUT2D eigenvalue weighted by molar-refractivity contribution is 5.93. The maximum atomic E-state index is 12.5. The van der Waals surface area contributed by atoms with E-state index in [1.165, 1.54) is 0 Å². The van der Waals surface area contributed by atoms with E-state index >= 15 is 0 Å². The maximum Gasteiger partial charge on any atom is 0.408 e. The first-order valence-electron chi connectivity index (χ1n) is 7.57. The zero-order valence-corrected chi connectivity index (χ0v) is 13.7. The van der Waals surface area contributed by atoms with Gasteiger partial charge in [-0.2, -0.15) is 0 Å². The van der Waals surface area contributed by atoms with Gasteiger partial charge in [0.2, 0.25) is 0 Å². The Morgan fingerprint density at radius 1 is 1.25 bits per heavy atom. The predicted molar refractivity (Wildman–Crippen MR) is 81.7 cm³/mol. The third-order valence-electron chi connectivity index (χ3n) is 3.64. The SMILES string of the molecule is CC(C)CC[C@H](NC(=O)OC(C)(C)C)C(=O)C1(C)CC1.[HH].